The van der Waals surface area contributed by atoms with Crippen LogP contribution in [-0.2, 0) is 4.74 Å². The molecule has 0 unspecified atom stereocenters. The molecule has 2 rings (SSSR count). The summed E-state index contributed by atoms with van der Waals surface area (Å²) in [4.78, 5) is 13.6. The molecule has 5 heteroatoms. The summed E-state index contributed by atoms with van der Waals surface area (Å²) >= 11 is 0. The van der Waals surface area contributed by atoms with Gasteiger partial charge in [-0.1, -0.05) is 6.07 Å². The van der Waals surface area contributed by atoms with E-state index >= 15 is 0 Å². The molecule has 1 saturated heterocycles. The number of hydrogen-bond acceptors (Lipinski definition) is 3. The number of nitrogens with zero attached hydrogens (tertiary/aromatic N) is 1. The molecule has 0 aromatic heterocycles. The van der Waals surface area contributed by atoms with E-state index in [0.717, 1.165) is 12.8 Å². The second-order valence-corrected chi connectivity index (χ2v) is 6.24. The number of halogens is 1. The van der Waals surface area contributed by atoms with E-state index in [1.807, 2.05) is 20.8 Å². The minimum Gasteiger partial charge on any atom is -0.490 e. The van der Waals surface area contributed by atoms with Gasteiger partial charge in [0.1, 0.15) is 23.3 Å². The fourth-order valence-corrected chi connectivity index (χ4v) is 2.22. The maximum Gasteiger partial charge on any atom is 0.410 e. The molecule has 0 spiro atoms. The monoisotopic (exact) mass is 295 g/mol. The Labute approximate surface area is 124 Å². The molecule has 0 saturated carbocycles. The molecule has 0 aliphatic carbocycles. The Bertz CT molecular complexity index is 491. The first-order chi connectivity index (χ1) is 9.83. The normalized spacial score (nSPS) is 16.7. The highest BCUT2D eigenvalue weighted by Gasteiger charge is 2.27. The second-order valence-electron chi connectivity index (χ2n) is 6.24. The summed E-state index contributed by atoms with van der Waals surface area (Å²) in [6.45, 7) is 6.74. The van der Waals surface area contributed by atoms with Crippen molar-refractivity contribution >= 4 is 6.09 Å². The third-order valence-corrected chi connectivity index (χ3v) is 3.19. The van der Waals surface area contributed by atoms with Crippen LogP contribution in [0.5, 0.6) is 5.75 Å². The van der Waals surface area contributed by atoms with Crippen LogP contribution in [0.4, 0.5) is 9.18 Å². The molecule has 1 amide bonds. The Morgan fingerprint density at radius 3 is 2.52 bits per heavy atom. The van der Waals surface area contributed by atoms with Crippen molar-refractivity contribution in [2.24, 2.45) is 0 Å². The van der Waals surface area contributed by atoms with Gasteiger partial charge in [0.25, 0.3) is 0 Å². The SMILES string of the molecule is CC(C)(C)OC(=O)N1CCC(Oc2cccc(F)c2)CC1. The van der Waals surface area contributed by atoms with Crippen LogP contribution in [0.25, 0.3) is 0 Å². The maximum absolute atomic E-state index is 13.1. The number of amides is 1. The summed E-state index contributed by atoms with van der Waals surface area (Å²) < 4.78 is 24.2. The van der Waals surface area contributed by atoms with Gasteiger partial charge in [0, 0.05) is 32.0 Å². The van der Waals surface area contributed by atoms with E-state index in [4.69, 9.17) is 9.47 Å². The Kier molecular flexibility index (Phi) is 4.70. The number of rotatable bonds is 2. The minimum absolute atomic E-state index is 0.00508. The van der Waals surface area contributed by atoms with Crippen LogP contribution in [0.15, 0.2) is 24.3 Å². The van der Waals surface area contributed by atoms with Gasteiger partial charge in [0.2, 0.25) is 0 Å². The first kappa shape index (κ1) is 15.6. The Balaban J connectivity index is 1.82. The van der Waals surface area contributed by atoms with E-state index < -0.39 is 5.60 Å². The first-order valence-corrected chi connectivity index (χ1v) is 7.24. The lowest BCUT2D eigenvalue weighted by atomic mass is 10.1. The van der Waals surface area contributed by atoms with E-state index in [1.165, 1.54) is 12.1 Å². The standard InChI is InChI=1S/C16H22FNO3/c1-16(2,3)21-15(19)18-9-7-13(8-10-18)20-14-6-4-5-12(17)11-14/h4-6,11,13H,7-10H2,1-3H3. The number of benzene rings is 1. The molecule has 1 aromatic rings. The smallest absolute Gasteiger partial charge is 0.410 e. The Morgan fingerprint density at radius 1 is 1.29 bits per heavy atom. The van der Waals surface area contributed by atoms with Crippen LogP contribution in [-0.4, -0.2) is 35.8 Å². The van der Waals surface area contributed by atoms with Gasteiger partial charge in [-0.2, -0.15) is 0 Å². The molecule has 21 heavy (non-hydrogen) atoms. The van der Waals surface area contributed by atoms with E-state index in [9.17, 15) is 9.18 Å². The summed E-state index contributed by atoms with van der Waals surface area (Å²) in [5.74, 6) is 0.226. The highest BCUT2D eigenvalue weighted by molar-refractivity contribution is 5.68. The first-order valence-electron chi connectivity index (χ1n) is 7.24. The number of ether oxygens (including phenoxy) is 2. The zero-order valence-corrected chi connectivity index (χ0v) is 12.8. The largest absolute Gasteiger partial charge is 0.490 e. The molecule has 0 N–H and O–H groups in total. The lowest BCUT2D eigenvalue weighted by Crippen LogP contribution is -2.44. The van der Waals surface area contributed by atoms with Crippen molar-refractivity contribution in [2.45, 2.75) is 45.3 Å². The van der Waals surface area contributed by atoms with Gasteiger partial charge in [-0.3, -0.25) is 0 Å². The average Bonchev–Trinajstić information content (AvgIpc) is 2.37. The molecule has 1 aromatic carbocycles. The van der Waals surface area contributed by atoms with Gasteiger partial charge in [-0.05, 0) is 32.9 Å². The second kappa shape index (κ2) is 6.33. The summed E-state index contributed by atoms with van der Waals surface area (Å²) in [5, 5.41) is 0. The molecular formula is C16H22FNO3. The number of likely N-dealkylation sites (tertiary alicyclic amines) is 1. The third-order valence-electron chi connectivity index (χ3n) is 3.19. The van der Waals surface area contributed by atoms with Crippen molar-refractivity contribution in [3.05, 3.63) is 30.1 Å². The van der Waals surface area contributed by atoms with Crippen molar-refractivity contribution in [1.82, 2.24) is 4.90 Å². The molecular weight excluding hydrogens is 273 g/mol. The zero-order valence-electron chi connectivity index (χ0n) is 12.8. The summed E-state index contributed by atoms with van der Waals surface area (Å²) in [7, 11) is 0. The van der Waals surface area contributed by atoms with Crippen LogP contribution in [0.1, 0.15) is 33.6 Å². The van der Waals surface area contributed by atoms with Gasteiger partial charge in [0.15, 0.2) is 0 Å². The molecule has 1 aliphatic rings. The van der Waals surface area contributed by atoms with Crippen LogP contribution in [0.2, 0.25) is 0 Å². The maximum atomic E-state index is 13.1. The van der Waals surface area contributed by atoms with Crippen LogP contribution >= 0.6 is 0 Å². The van der Waals surface area contributed by atoms with Gasteiger partial charge < -0.3 is 14.4 Å². The van der Waals surface area contributed by atoms with Crippen molar-refractivity contribution < 1.29 is 18.7 Å². The van der Waals surface area contributed by atoms with E-state index in [0.29, 0.717) is 18.8 Å². The predicted octanol–water partition coefficient (Wildman–Crippen LogP) is 3.60. The molecule has 0 atom stereocenters. The predicted molar refractivity (Wildman–Crippen MR) is 77.9 cm³/mol. The quantitative estimate of drug-likeness (QED) is 0.836. The molecule has 4 nitrogen and oxygen atoms in total. The number of carbonyl (C=O) groups excluding carboxylic acids is 1. The number of hydrogen-bond donors (Lipinski definition) is 0. The van der Waals surface area contributed by atoms with Crippen molar-refractivity contribution in [3.8, 4) is 5.75 Å². The van der Waals surface area contributed by atoms with Crippen LogP contribution in [0.3, 0.4) is 0 Å². The Hall–Kier alpha value is -1.78. The summed E-state index contributed by atoms with van der Waals surface area (Å²) in [6, 6.07) is 6.13. The van der Waals surface area contributed by atoms with Crippen molar-refractivity contribution in [2.75, 3.05) is 13.1 Å². The van der Waals surface area contributed by atoms with Gasteiger partial charge in [-0.15, -0.1) is 0 Å². The highest BCUT2D eigenvalue weighted by Crippen LogP contribution is 2.21. The third kappa shape index (κ3) is 4.92. The minimum atomic E-state index is -0.480. The molecule has 1 fully saturated rings. The molecule has 0 radical (unpaired) electrons. The molecule has 1 aliphatic heterocycles. The zero-order chi connectivity index (χ0) is 15.5. The van der Waals surface area contributed by atoms with E-state index in [2.05, 4.69) is 0 Å². The van der Waals surface area contributed by atoms with Crippen molar-refractivity contribution in [3.63, 3.8) is 0 Å². The van der Waals surface area contributed by atoms with Crippen LogP contribution in [0, 0.1) is 5.82 Å². The lowest BCUT2D eigenvalue weighted by Gasteiger charge is -2.33. The van der Waals surface area contributed by atoms with Gasteiger partial charge in [-0.25, -0.2) is 9.18 Å². The molecule has 116 valence electrons. The number of carbonyl (C=O) groups is 1. The van der Waals surface area contributed by atoms with Crippen LogP contribution < -0.4 is 4.74 Å². The molecule has 0 bridgehead atoms. The van der Waals surface area contributed by atoms with E-state index in [-0.39, 0.29) is 18.0 Å². The lowest BCUT2D eigenvalue weighted by molar-refractivity contribution is 0.0126. The fourth-order valence-electron chi connectivity index (χ4n) is 2.22. The summed E-state index contributed by atoms with van der Waals surface area (Å²) in [6.07, 6.45) is 1.16. The highest BCUT2D eigenvalue weighted by atomic mass is 19.1. The Morgan fingerprint density at radius 2 is 1.95 bits per heavy atom. The average molecular weight is 295 g/mol. The van der Waals surface area contributed by atoms with E-state index in [1.54, 1.807) is 17.0 Å². The topological polar surface area (TPSA) is 38.8 Å². The van der Waals surface area contributed by atoms with Gasteiger partial charge >= 0.3 is 6.09 Å². The van der Waals surface area contributed by atoms with Crippen molar-refractivity contribution in [1.29, 1.82) is 0 Å². The number of piperidine rings is 1. The fraction of sp³-hybridized carbons (Fsp3) is 0.562. The van der Waals surface area contributed by atoms with Gasteiger partial charge in [0.05, 0.1) is 0 Å². The summed E-state index contributed by atoms with van der Waals surface area (Å²) in [5.41, 5.74) is -0.480. The molecule has 1 heterocycles.